The van der Waals surface area contributed by atoms with Gasteiger partial charge in [0.25, 0.3) is 0 Å². The van der Waals surface area contributed by atoms with Gasteiger partial charge in [0.15, 0.2) is 0 Å². The summed E-state index contributed by atoms with van der Waals surface area (Å²) in [4.78, 5) is 14.8. The molecule has 2 aromatic carbocycles. The fourth-order valence-electron chi connectivity index (χ4n) is 4.14. The molecule has 1 N–H and O–H groups in total. The van der Waals surface area contributed by atoms with E-state index in [9.17, 15) is 4.79 Å². The van der Waals surface area contributed by atoms with Gasteiger partial charge in [-0.05, 0) is 57.8 Å². The van der Waals surface area contributed by atoms with Gasteiger partial charge >= 0.3 is 0 Å². The number of benzene rings is 2. The predicted octanol–water partition coefficient (Wildman–Crippen LogP) is 5.24. The zero-order valence-corrected chi connectivity index (χ0v) is 17.8. The smallest absolute Gasteiger partial charge is 0.244 e. The summed E-state index contributed by atoms with van der Waals surface area (Å²) in [6.45, 7) is 2.03. The minimum atomic E-state index is 0. The lowest BCUT2D eigenvalue weighted by molar-refractivity contribution is -0.117. The Balaban J connectivity index is 0.00000280. The summed E-state index contributed by atoms with van der Waals surface area (Å²) in [6.07, 6.45) is 5.82. The lowest BCUT2D eigenvalue weighted by atomic mass is 9.74. The molecular weight excluding hydrogens is 368 g/mol. The van der Waals surface area contributed by atoms with Crippen LogP contribution in [0.4, 0.5) is 0 Å². The van der Waals surface area contributed by atoms with Crippen molar-refractivity contribution in [1.82, 2.24) is 10.2 Å². The highest BCUT2D eigenvalue weighted by atomic mass is 35.5. The summed E-state index contributed by atoms with van der Waals surface area (Å²) >= 11 is 0. The van der Waals surface area contributed by atoms with Crippen LogP contribution in [0.25, 0.3) is 0 Å². The molecule has 0 bridgehead atoms. The van der Waals surface area contributed by atoms with Gasteiger partial charge in [-0.3, -0.25) is 9.69 Å². The normalized spacial score (nSPS) is 20.2. The van der Waals surface area contributed by atoms with E-state index in [0.717, 1.165) is 31.2 Å². The Kier molecular flexibility index (Phi) is 7.85. The number of halogens is 1. The molecule has 1 aliphatic carbocycles. The van der Waals surface area contributed by atoms with Gasteiger partial charge in [0.1, 0.15) is 0 Å². The van der Waals surface area contributed by atoms with E-state index < -0.39 is 0 Å². The molecule has 0 saturated heterocycles. The standard InChI is InChI=1S/C24H30N2O.ClH/c1-19(21-10-6-4-7-11-21)25-23(27)18-20-14-16-24(17-15-20,26(2)3)22-12-8-5-9-13-22;/h4-13,18-19H,14-17H2,1-3H3,(H,25,27);1H. The highest BCUT2D eigenvalue weighted by Crippen LogP contribution is 2.42. The first-order chi connectivity index (χ1) is 13.0. The number of nitrogens with zero attached hydrogens (tertiary/aromatic N) is 1. The van der Waals surface area contributed by atoms with Gasteiger partial charge in [-0.25, -0.2) is 0 Å². The summed E-state index contributed by atoms with van der Waals surface area (Å²) in [6, 6.07) is 20.9. The zero-order valence-electron chi connectivity index (χ0n) is 17.0. The van der Waals surface area contributed by atoms with Crippen molar-refractivity contribution in [1.29, 1.82) is 0 Å². The number of carbonyl (C=O) groups excluding carboxylic acids is 1. The number of amides is 1. The number of carbonyl (C=O) groups is 1. The van der Waals surface area contributed by atoms with E-state index in [4.69, 9.17) is 0 Å². The molecule has 3 rings (SSSR count). The molecular formula is C24H31ClN2O. The number of hydrogen-bond donors (Lipinski definition) is 1. The molecule has 1 atom stereocenters. The molecule has 0 radical (unpaired) electrons. The molecule has 1 amide bonds. The van der Waals surface area contributed by atoms with Crippen LogP contribution in [0.2, 0.25) is 0 Å². The Morgan fingerprint density at radius 1 is 1.00 bits per heavy atom. The minimum absolute atomic E-state index is 0. The molecule has 150 valence electrons. The first kappa shape index (κ1) is 22.2. The summed E-state index contributed by atoms with van der Waals surface area (Å²) in [5, 5.41) is 3.09. The molecule has 4 heteroatoms. The Hall–Kier alpha value is -2.10. The van der Waals surface area contributed by atoms with E-state index in [1.165, 1.54) is 11.1 Å². The summed E-state index contributed by atoms with van der Waals surface area (Å²) < 4.78 is 0. The lowest BCUT2D eigenvalue weighted by Crippen LogP contribution is -2.43. The minimum Gasteiger partial charge on any atom is -0.346 e. The zero-order chi connectivity index (χ0) is 19.3. The van der Waals surface area contributed by atoms with Crippen molar-refractivity contribution in [3.8, 4) is 0 Å². The highest BCUT2D eigenvalue weighted by Gasteiger charge is 2.37. The van der Waals surface area contributed by atoms with Gasteiger partial charge in [0, 0.05) is 11.6 Å². The van der Waals surface area contributed by atoms with Crippen molar-refractivity contribution in [3.63, 3.8) is 0 Å². The Labute approximate surface area is 175 Å². The third kappa shape index (κ3) is 5.03. The molecule has 0 spiro atoms. The van der Waals surface area contributed by atoms with Gasteiger partial charge in [0.05, 0.1) is 6.04 Å². The molecule has 0 heterocycles. The number of allylic oxidation sites excluding steroid dienone is 1. The van der Waals surface area contributed by atoms with Crippen LogP contribution < -0.4 is 5.32 Å². The van der Waals surface area contributed by atoms with Crippen molar-refractivity contribution in [3.05, 3.63) is 83.4 Å². The van der Waals surface area contributed by atoms with Crippen molar-refractivity contribution in [2.45, 2.75) is 44.2 Å². The molecule has 1 aliphatic rings. The topological polar surface area (TPSA) is 32.3 Å². The number of rotatable bonds is 5. The van der Waals surface area contributed by atoms with Crippen LogP contribution in [0.1, 0.15) is 49.8 Å². The fraction of sp³-hybridized carbons (Fsp3) is 0.375. The Morgan fingerprint density at radius 3 is 2.07 bits per heavy atom. The lowest BCUT2D eigenvalue weighted by Gasteiger charge is -2.44. The molecule has 28 heavy (non-hydrogen) atoms. The van der Waals surface area contributed by atoms with Crippen LogP contribution >= 0.6 is 12.4 Å². The maximum atomic E-state index is 12.5. The predicted molar refractivity (Wildman–Crippen MR) is 119 cm³/mol. The van der Waals surface area contributed by atoms with E-state index in [2.05, 4.69) is 54.6 Å². The van der Waals surface area contributed by atoms with Crippen molar-refractivity contribution in [2.24, 2.45) is 0 Å². The van der Waals surface area contributed by atoms with E-state index in [1.54, 1.807) is 0 Å². The van der Waals surface area contributed by atoms with Crippen LogP contribution in [0, 0.1) is 0 Å². The quantitative estimate of drug-likeness (QED) is 0.698. The monoisotopic (exact) mass is 398 g/mol. The summed E-state index contributed by atoms with van der Waals surface area (Å²) in [5.74, 6) is 0.0124. The molecule has 1 saturated carbocycles. The van der Waals surface area contributed by atoms with Gasteiger partial charge in [-0.1, -0.05) is 66.2 Å². The second kappa shape index (κ2) is 9.90. The average molecular weight is 399 g/mol. The van der Waals surface area contributed by atoms with Gasteiger partial charge in [-0.15, -0.1) is 12.4 Å². The largest absolute Gasteiger partial charge is 0.346 e. The summed E-state index contributed by atoms with van der Waals surface area (Å²) in [7, 11) is 4.33. The van der Waals surface area contributed by atoms with E-state index >= 15 is 0 Å². The molecule has 1 fully saturated rings. The van der Waals surface area contributed by atoms with Crippen LogP contribution in [-0.4, -0.2) is 24.9 Å². The van der Waals surface area contributed by atoms with Crippen molar-refractivity contribution < 1.29 is 4.79 Å². The first-order valence-electron chi connectivity index (χ1n) is 9.79. The number of nitrogens with one attached hydrogen (secondary N) is 1. The molecule has 0 aromatic heterocycles. The van der Waals surface area contributed by atoms with Crippen LogP contribution in [-0.2, 0) is 10.3 Å². The molecule has 1 unspecified atom stereocenters. The average Bonchev–Trinajstić information content (AvgIpc) is 2.69. The SMILES string of the molecule is CC(NC(=O)C=C1CCC(c2ccccc2)(N(C)C)CC1)c1ccccc1.Cl. The maximum absolute atomic E-state index is 12.5. The van der Waals surface area contributed by atoms with Gasteiger partial charge in [0.2, 0.25) is 5.91 Å². The molecule has 3 nitrogen and oxygen atoms in total. The summed E-state index contributed by atoms with van der Waals surface area (Å²) in [5.41, 5.74) is 3.81. The van der Waals surface area contributed by atoms with Crippen molar-refractivity contribution in [2.75, 3.05) is 14.1 Å². The second-order valence-electron chi connectivity index (χ2n) is 7.74. The maximum Gasteiger partial charge on any atom is 0.244 e. The van der Waals surface area contributed by atoms with E-state index in [1.807, 2.05) is 43.3 Å². The van der Waals surface area contributed by atoms with Gasteiger partial charge in [-0.2, -0.15) is 0 Å². The van der Waals surface area contributed by atoms with Gasteiger partial charge < -0.3 is 5.32 Å². The highest BCUT2D eigenvalue weighted by molar-refractivity contribution is 5.88. The Morgan fingerprint density at radius 2 is 1.54 bits per heavy atom. The van der Waals surface area contributed by atoms with E-state index in [-0.39, 0.29) is 29.9 Å². The second-order valence-corrected chi connectivity index (χ2v) is 7.74. The molecule has 2 aromatic rings. The van der Waals surface area contributed by atoms with Crippen molar-refractivity contribution >= 4 is 18.3 Å². The Bertz CT molecular complexity index is 777. The third-order valence-corrected chi connectivity index (χ3v) is 5.88. The first-order valence-corrected chi connectivity index (χ1v) is 9.79. The molecule has 0 aliphatic heterocycles. The van der Waals surface area contributed by atoms with Crippen LogP contribution in [0.3, 0.4) is 0 Å². The van der Waals surface area contributed by atoms with Crippen LogP contribution in [0.15, 0.2) is 72.3 Å². The third-order valence-electron chi connectivity index (χ3n) is 5.88. The van der Waals surface area contributed by atoms with Crippen LogP contribution in [0.5, 0.6) is 0 Å². The number of hydrogen-bond acceptors (Lipinski definition) is 2. The van der Waals surface area contributed by atoms with E-state index in [0.29, 0.717) is 0 Å². The fourth-order valence-corrected chi connectivity index (χ4v) is 4.14.